The highest BCUT2D eigenvalue weighted by Gasteiger charge is 2.29. The topological polar surface area (TPSA) is 77.0 Å². The lowest BCUT2D eigenvalue weighted by Gasteiger charge is -2.10. The Balaban J connectivity index is 2.06. The molecule has 0 fully saturated rings. The van der Waals surface area contributed by atoms with Crippen LogP contribution in [0.25, 0.3) is 0 Å². The first-order chi connectivity index (χ1) is 9.85. The molecule has 1 N–H and O–H groups in total. The van der Waals surface area contributed by atoms with E-state index in [1.807, 2.05) is 0 Å². The quantitative estimate of drug-likeness (QED) is 0.927. The largest absolute Gasteiger partial charge is 0.467 e. The van der Waals surface area contributed by atoms with Gasteiger partial charge in [-0.3, -0.25) is 10.1 Å². The number of nitrogens with zero attached hydrogens (tertiary/aromatic N) is 3. The van der Waals surface area contributed by atoms with E-state index < -0.39 is 24.6 Å². The van der Waals surface area contributed by atoms with Crippen LogP contribution in [0.2, 0.25) is 5.02 Å². The van der Waals surface area contributed by atoms with Gasteiger partial charge in [0.15, 0.2) is 6.61 Å². The molecule has 2 rings (SSSR count). The molecule has 0 saturated carbocycles. The maximum absolute atomic E-state index is 12.0. The Morgan fingerprint density at radius 1 is 1.48 bits per heavy atom. The summed E-state index contributed by atoms with van der Waals surface area (Å²) in [4.78, 5) is 15.4. The molecule has 2 aromatic rings. The molecule has 0 aliphatic rings. The van der Waals surface area contributed by atoms with E-state index in [-0.39, 0.29) is 15.7 Å². The Morgan fingerprint density at radius 2 is 2.24 bits per heavy atom. The second-order valence-electron chi connectivity index (χ2n) is 3.61. The van der Waals surface area contributed by atoms with E-state index in [0.717, 1.165) is 23.6 Å². The first-order valence-electron chi connectivity index (χ1n) is 5.28. The third-order valence-electron chi connectivity index (χ3n) is 2.02. The van der Waals surface area contributed by atoms with Gasteiger partial charge < -0.3 is 4.74 Å². The first kappa shape index (κ1) is 15.4. The molecule has 112 valence electrons. The molecule has 6 nitrogen and oxygen atoms in total. The summed E-state index contributed by atoms with van der Waals surface area (Å²) >= 11 is 6.83. The van der Waals surface area contributed by atoms with Gasteiger partial charge in [-0.05, 0) is 6.07 Å². The van der Waals surface area contributed by atoms with Gasteiger partial charge in [0.05, 0.1) is 5.56 Å². The zero-order valence-corrected chi connectivity index (χ0v) is 11.6. The lowest BCUT2D eigenvalue weighted by molar-refractivity contribution is -0.154. The predicted molar refractivity (Wildman–Crippen MR) is 68.7 cm³/mol. The number of amides is 1. The van der Waals surface area contributed by atoms with Crippen LogP contribution in [0, 0.1) is 0 Å². The summed E-state index contributed by atoms with van der Waals surface area (Å²) in [5.41, 5.74) is 1.48. The van der Waals surface area contributed by atoms with Crippen LogP contribution < -0.4 is 10.1 Å². The molecule has 2 aromatic heterocycles. The van der Waals surface area contributed by atoms with Crippen LogP contribution in [0.4, 0.5) is 18.3 Å². The lowest BCUT2D eigenvalue weighted by Crippen LogP contribution is -2.20. The number of carbonyl (C=O) groups is 1. The SMILES string of the molecule is O=C(Nc1nncs1)c1cnc(OCC(F)(F)F)c(Cl)c1. The molecule has 0 aliphatic heterocycles. The average Bonchev–Trinajstić information content (AvgIpc) is 2.89. The molecule has 0 spiro atoms. The molecule has 11 heteroatoms. The molecular formula is C10H6ClF3N4O2S. The summed E-state index contributed by atoms with van der Waals surface area (Å²) < 4.78 is 40.5. The number of carbonyl (C=O) groups excluding carboxylic acids is 1. The smallest absolute Gasteiger partial charge is 0.422 e. The van der Waals surface area contributed by atoms with Crippen molar-refractivity contribution in [1.29, 1.82) is 0 Å². The predicted octanol–water partition coefficient (Wildman–Crippen LogP) is 2.78. The van der Waals surface area contributed by atoms with Gasteiger partial charge in [-0.25, -0.2) is 4.98 Å². The van der Waals surface area contributed by atoms with Gasteiger partial charge in [0.1, 0.15) is 10.5 Å². The van der Waals surface area contributed by atoms with Crippen molar-refractivity contribution in [3.63, 3.8) is 0 Å². The highest BCUT2D eigenvalue weighted by Crippen LogP contribution is 2.25. The summed E-state index contributed by atoms with van der Waals surface area (Å²) in [5, 5.41) is 9.64. The maximum atomic E-state index is 12.0. The minimum absolute atomic E-state index is 0.0505. The number of alkyl halides is 3. The highest BCUT2D eigenvalue weighted by atomic mass is 35.5. The first-order valence-corrected chi connectivity index (χ1v) is 6.53. The molecule has 2 heterocycles. The van der Waals surface area contributed by atoms with Gasteiger partial charge in [-0.2, -0.15) is 13.2 Å². The standard InChI is InChI=1S/C10H6ClF3N4O2S/c11-6-1-5(7(19)17-9-18-16-4-21-9)2-15-8(6)20-3-10(12,13)14/h1-2,4H,3H2,(H,17,18,19). The van der Waals surface area contributed by atoms with Crippen LogP contribution in [0.3, 0.4) is 0 Å². The fourth-order valence-electron chi connectivity index (χ4n) is 1.20. The summed E-state index contributed by atoms with van der Waals surface area (Å²) in [6.45, 7) is -1.52. The van der Waals surface area contributed by atoms with E-state index in [9.17, 15) is 18.0 Å². The third-order valence-corrected chi connectivity index (χ3v) is 2.90. The van der Waals surface area contributed by atoms with Crippen LogP contribution in [0.5, 0.6) is 5.88 Å². The average molecular weight is 339 g/mol. The fraction of sp³-hybridized carbons (Fsp3) is 0.200. The van der Waals surface area contributed by atoms with Crippen molar-refractivity contribution in [2.24, 2.45) is 0 Å². The Bertz CT molecular complexity index is 636. The van der Waals surface area contributed by atoms with Gasteiger partial charge in [0.2, 0.25) is 11.0 Å². The number of nitrogens with one attached hydrogen (secondary N) is 1. The summed E-state index contributed by atoms with van der Waals surface area (Å²) in [6.07, 6.45) is -3.45. The van der Waals surface area contributed by atoms with Crippen molar-refractivity contribution >= 4 is 34.0 Å². The molecule has 1 amide bonds. The second-order valence-corrected chi connectivity index (χ2v) is 4.85. The van der Waals surface area contributed by atoms with Gasteiger partial charge in [-0.1, -0.05) is 22.9 Å². The molecular weight excluding hydrogens is 333 g/mol. The lowest BCUT2D eigenvalue weighted by atomic mass is 10.2. The van der Waals surface area contributed by atoms with Crippen molar-refractivity contribution in [1.82, 2.24) is 15.2 Å². The Morgan fingerprint density at radius 3 is 2.81 bits per heavy atom. The second kappa shape index (κ2) is 6.22. The van der Waals surface area contributed by atoms with Crippen molar-refractivity contribution in [2.45, 2.75) is 6.18 Å². The van der Waals surface area contributed by atoms with Crippen LogP contribution in [-0.4, -0.2) is 33.9 Å². The number of hydrogen-bond acceptors (Lipinski definition) is 6. The van der Waals surface area contributed by atoms with Crippen LogP contribution >= 0.6 is 22.9 Å². The Labute approximate surface area is 124 Å². The van der Waals surface area contributed by atoms with Crippen molar-refractivity contribution in [3.05, 3.63) is 28.4 Å². The van der Waals surface area contributed by atoms with Gasteiger partial charge in [-0.15, -0.1) is 10.2 Å². The van der Waals surface area contributed by atoms with Crippen molar-refractivity contribution < 1.29 is 22.7 Å². The Kier molecular flexibility index (Phi) is 4.58. The van der Waals surface area contributed by atoms with E-state index in [4.69, 9.17) is 11.6 Å². The number of hydrogen-bond donors (Lipinski definition) is 1. The maximum Gasteiger partial charge on any atom is 0.422 e. The number of anilines is 1. The van der Waals surface area contributed by atoms with Crippen LogP contribution in [0.1, 0.15) is 10.4 Å². The molecule has 0 bridgehead atoms. The van der Waals surface area contributed by atoms with E-state index in [1.165, 1.54) is 5.51 Å². The number of rotatable bonds is 4. The normalized spacial score (nSPS) is 11.2. The van der Waals surface area contributed by atoms with Crippen molar-refractivity contribution in [2.75, 3.05) is 11.9 Å². The summed E-state index contributed by atoms with van der Waals surface area (Å²) in [7, 11) is 0. The number of pyridine rings is 1. The monoisotopic (exact) mass is 338 g/mol. The van der Waals surface area contributed by atoms with Gasteiger partial charge >= 0.3 is 6.18 Å². The van der Waals surface area contributed by atoms with Gasteiger partial charge in [0.25, 0.3) is 5.91 Å². The summed E-state index contributed by atoms with van der Waals surface area (Å²) in [6, 6.07) is 1.15. The zero-order chi connectivity index (χ0) is 15.5. The molecule has 0 saturated heterocycles. The van der Waals surface area contributed by atoms with E-state index in [1.54, 1.807) is 0 Å². The Hall–Kier alpha value is -1.94. The van der Waals surface area contributed by atoms with Crippen LogP contribution in [-0.2, 0) is 0 Å². The number of halogens is 4. The van der Waals surface area contributed by atoms with Gasteiger partial charge in [0, 0.05) is 6.20 Å². The molecule has 0 radical (unpaired) electrons. The molecule has 0 unspecified atom stereocenters. The minimum Gasteiger partial charge on any atom is -0.467 e. The number of aromatic nitrogens is 3. The van der Waals surface area contributed by atoms with E-state index in [0.29, 0.717) is 0 Å². The fourth-order valence-corrected chi connectivity index (χ4v) is 1.86. The molecule has 0 aromatic carbocycles. The van der Waals surface area contributed by atoms with E-state index >= 15 is 0 Å². The zero-order valence-electron chi connectivity index (χ0n) is 10.0. The minimum atomic E-state index is -4.50. The molecule has 0 atom stereocenters. The van der Waals surface area contributed by atoms with Crippen LogP contribution in [0.15, 0.2) is 17.8 Å². The highest BCUT2D eigenvalue weighted by molar-refractivity contribution is 7.13. The molecule has 0 aliphatic carbocycles. The van der Waals surface area contributed by atoms with E-state index in [2.05, 4.69) is 25.2 Å². The molecule has 21 heavy (non-hydrogen) atoms. The van der Waals surface area contributed by atoms with Crippen molar-refractivity contribution in [3.8, 4) is 5.88 Å². The third kappa shape index (κ3) is 4.53. The summed E-state index contributed by atoms with van der Waals surface area (Å²) in [5.74, 6) is -0.968. The number of ether oxygens (including phenoxy) is 1.